The number of hydrogen-bond acceptors (Lipinski definition) is 1. The Hall–Kier alpha value is -1.31. The Morgan fingerprint density at radius 1 is 0.941 bits per heavy atom. The number of benzene rings is 2. The van der Waals surface area contributed by atoms with Gasteiger partial charge < -0.3 is 5.11 Å². The van der Waals surface area contributed by atoms with E-state index < -0.39 is 0 Å². The minimum Gasteiger partial charge on any atom is -0.396 e. The van der Waals surface area contributed by atoms with Crippen molar-refractivity contribution in [3.63, 3.8) is 0 Å². The molecule has 0 aliphatic carbocycles. The van der Waals surface area contributed by atoms with E-state index in [1.54, 1.807) is 0 Å². The van der Waals surface area contributed by atoms with E-state index in [0.29, 0.717) is 0 Å². The second-order valence-corrected chi connectivity index (χ2v) is 4.65. The largest absolute Gasteiger partial charge is 0.396 e. The third kappa shape index (κ3) is 2.87. The van der Waals surface area contributed by atoms with Crippen molar-refractivity contribution in [2.24, 2.45) is 0 Å². The van der Waals surface area contributed by atoms with E-state index in [2.05, 4.69) is 24.3 Å². The van der Waals surface area contributed by atoms with E-state index in [1.165, 1.54) is 0 Å². The van der Waals surface area contributed by atoms with Crippen LogP contribution in [0.2, 0.25) is 5.02 Å². The van der Waals surface area contributed by atoms with Crippen LogP contribution in [0.3, 0.4) is 0 Å². The Balaban J connectivity index is 2.26. The fourth-order valence-corrected chi connectivity index (χ4v) is 1.88. The van der Waals surface area contributed by atoms with E-state index in [1.807, 2.05) is 31.2 Å². The highest BCUT2D eigenvalue weighted by Gasteiger charge is 2.04. The predicted molar refractivity (Wildman–Crippen MR) is 72.4 cm³/mol. The molecule has 0 fully saturated rings. The molecule has 17 heavy (non-hydrogen) atoms. The molecule has 88 valence electrons. The molecule has 2 aromatic rings. The summed E-state index contributed by atoms with van der Waals surface area (Å²) in [6.45, 7) is 2.19. The third-order valence-electron chi connectivity index (χ3n) is 2.93. The summed E-state index contributed by atoms with van der Waals surface area (Å²) in [5.74, 6) is 0.189. The van der Waals surface area contributed by atoms with Gasteiger partial charge >= 0.3 is 0 Å². The smallest absolute Gasteiger partial charge is 0.0497 e. The summed E-state index contributed by atoms with van der Waals surface area (Å²) >= 11 is 5.86. The van der Waals surface area contributed by atoms with Gasteiger partial charge in [-0.05, 0) is 28.8 Å². The maximum Gasteiger partial charge on any atom is 0.0497 e. The number of rotatable bonds is 3. The van der Waals surface area contributed by atoms with Crippen molar-refractivity contribution >= 4 is 11.6 Å². The molecule has 2 aromatic carbocycles. The first-order valence-electron chi connectivity index (χ1n) is 5.67. The van der Waals surface area contributed by atoms with Gasteiger partial charge in [0.15, 0.2) is 0 Å². The standard InChI is InChI=1S/C15H15ClO/c1-11(10-17)12-2-4-13(5-3-12)14-6-8-15(16)9-7-14/h2-9,11,17H,10H2,1H3/t11-/m1/s1. The molecule has 0 amide bonds. The molecule has 2 heteroatoms. The lowest BCUT2D eigenvalue weighted by molar-refractivity contribution is 0.273. The number of aliphatic hydroxyl groups excluding tert-OH is 1. The fourth-order valence-electron chi connectivity index (χ4n) is 1.75. The van der Waals surface area contributed by atoms with Crippen molar-refractivity contribution in [2.45, 2.75) is 12.8 Å². The average Bonchev–Trinajstić information content (AvgIpc) is 2.39. The molecule has 0 bridgehead atoms. The SMILES string of the molecule is C[C@H](CO)c1ccc(-c2ccc(Cl)cc2)cc1. The van der Waals surface area contributed by atoms with Gasteiger partial charge in [0.2, 0.25) is 0 Å². The number of halogens is 1. The Bertz CT molecular complexity index is 473. The third-order valence-corrected chi connectivity index (χ3v) is 3.18. The summed E-state index contributed by atoms with van der Waals surface area (Å²) in [6, 6.07) is 16.1. The van der Waals surface area contributed by atoms with Gasteiger partial charge in [0, 0.05) is 17.5 Å². The molecule has 0 aliphatic heterocycles. The average molecular weight is 247 g/mol. The second-order valence-electron chi connectivity index (χ2n) is 4.21. The monoisotopic (exact) mass is 246 g/mol. The van der Waals surface area contributed by atoms with Crippen LogP contribution in [0.15, 0.2) is 48.5 Å². The van der Waals surface area contributed by atoms with Gasteiger partial charge in [-0.25, -0.2) is 0 Å². The molecule has 2 rings (SSSR count). The van der Waals surface area contributed by atoms with Crippen LogP contribution in [0, 0.1) is 0 Å². The fraction of sp³-hybridized carbons (Fsp3) is 0.200. The zero-order valence-electron chi connectivity index (χ0n) is 9.73. The van der Waals surface area contributed by atoms with E-state index in [9.17, 15) is 0 Å². The van der Waals surface area contributed by atoms with Gasteiger partial charge in [-0.15, -0.1) is 0 Å². The molecule has 1 nitrogen and oxygen atoms in total. The van der Waals surface area contributed by atoms with Gasteiger partial charge in [0.05, 0.1) is 0 Å². The lowest BCUT2D eigenvalue weighted by Gasteiger charge is -2.09. The van der Waals surface area contributed by atoms with E-state index >= 15 is 0 Å². The molecule has 0 radical (unpaired) electrons. The quantitative estimate of drug-likeness (QED) is 0.865. The van der Waals surface area contributed by atoms with Crippen LogP contribution in [0.4, 0.5) is 0 Å². The van der Waals surface area contributed by atoms with Crippen molar-refractivity contribution < 1.29 is 5.11 Å². The van der Waals surface area contributed by atoms with E-state index in [-0.39, 0.29) is 12.5 Å². The molecular weight excluding hydrogens is 232 g/mol. The lowest BCUT2D eigenvalue weighted by Crippen LogP contribution is -1.98. The summed E-state index contributed by atoms with van der Waals surface area (Å²) < 4.78 is 0. The zero-order valence-corrected chi connectivity index (χ0v) is 10.5. The molecule has 0 saturated carbocycles. The van der Waals surface area contributed by atoms with Crippen molar-refractivity contribution in [3.05, 3.63) is 59.1 Å². The van der Waals surface area contributed by atoms with Gasteiger partial charge in [-0.2, -0.15) is 0 Å². The Morgan fingerprint density at radius 2 is 1.41 bits per heavy atom. The maximum atomic E-state index is 9.09. The van der Waals surface area contributed by atoms with Crippen LogP contribution in [0.1, 0.15) is 18.4 Å². The minimum atomic E-state index is 0.181. The van der Waals surface area contributed by atoms with Crippen LogP contribution in [-0.2, 0) is 0 Å². The highest BCUT2D eigenvalue weighted by Crippen LogP contribution is 2.23. The lowest BCUT2D eigenvalue weighted by atomic mass is 9.98. The molecule has 0 spiro atoms. The van der Waals surface area contributed by atoms with Crippen molar-refractivity contribution in [1.82, 2.24) is 0 Å². The highest BCUT2D eigenvalue weighted by atomic mass is 35.5. The topological polar surface area (TPSA) is 20.2 Å². The Morgan fingerprint density at radius 3 is 1.88 bits per heavy atom. The van der Waals surface area contributed by atoms with Gasteiger partial charge in [-0.3, -0.25) is 0 Å². The molecule has 0 aromatic heterocycles. The molecular formula is C15H15ClO. The summed E-state index contributed by atoms with van der Waals surface area (Å²) in [7, 11) is 0. The summed E-state index contributed by atoms with van der Waals surface area (Å²) in [5, 5.41) is 9.84. The van der Waals surface area contributed by atoms with Gasteiger partial charge in [0.1, 0.15) is 0 Å². The van der Waals surface area contributed by atoms with Gasteiger partial charge in [0.25, 0.3) is 0 Å². The van der Waals surface area contributed by atoms with E-state index in [0.717, 1.165) is 21.7 Å². The first-order valence-corrected chi connectivity index (χ1v) is 6.05. The summed E-state index contributed by atoms with van der Waals surface area (Å²) in [5.41, 5.74) is 3.47. The number of aliphatic hydroxyl groups is 1. The molecule has 1 atom stereocenters. The second kappa shape index (κ2) is 5.35. The zero-order chi connectivity index (χ0) is 12.3. The molecule has 0 heterocycles. The summed E-state index contributed by atoms with van der Waals surface area (Å²) in [6.07, 6.45) is 0. The normalized spacial score (nSPS) is 12.4. The minimum absolute atomic E-state index is 0.181. The first-order chi connectivity index (χ1) is 8.20. The molecule has 0 saturated heterocycles. The number of hydrogen-bond donors (Lipinski definition) is 1. The maximum absolute atomic E-state index is 9.09. The van der Waals surface area contributed by atoms with Crippen LogP contribution >= 0.6 is 11.6 Å². The highest BCUT2D eigenvalue weighted by molar-refractivity contribution is 6.30. The molecule has 0 aliphatic rings. The molecule has 1 N–H and O–H groups in total. The van der Waals surface area contributed by atoms with E-state index in [4.69, 9.17) is 16.7 Å². The van der Waals surface area contributed by atoms with Gasteiger partial charge in [-0.1, -0.05) is 54.9 Å². The van der Waals surface area contributed by atoms with Crippen LogP contribution in [0.5, 0.6) is 0 Å². The van der Waals surface area contributed by atoms with Crippen LogP contribution < -0.4 is 0 Å². The van der Waals surface area contributed by atoms with Crippen LogP contribution in [-0.4, -0.2) is 11.7 Å². The van der Waals surface area contributed by atoms with Crippen LogP contribution in [0.25, 0.3) is 11.1 Å². The summed E-state index contributed by atoms with van der Waals surface area (Å²) in [4.78, 5) is 0. The Labute approximate surface area is 107 Å². The Kier molecular flexibility index (Phi) is 3.82. The van der Waals surface area contributed by atoms with Crippen molar-refractivity contribution in [2.75, 3.05) is 6.61 Å². The predicted octanol–water partition coefficient (Wildman–Crippen LogP) is 4.10. The van der Waals surface area contributed by atoms with Crippen molar-refractivity contribution in [1.29, 1.82) is 0 Å². The first kappa shape index (κ1) is 12.2. The molecule has 0 unspecified atom stereocenters. The van der Waals surface area contributed by atoms with Crippen molar-refractivity contribution in [3.8, 4) is 11.1 Å².